The lowest BCUT2D eigenvalue weighted by atomic mass is 10.1. The number of carbonyl (C=O) groups excluding carboxylic acids is 1. The van der Waals surface area contributed by atoms with Gasteiger partial charge in [0, 0.05) is 19.6 Å². The van der Waals surface area contributed by atoms with Crippen LogP contribution in [0.3, 0.4) is 0 Å². The van der Waals surface area contributed by atoms with Crippen molar-refractivity contribution >= 4 is 6.03 Å². The van der Waals surface area contributed by atoms with Crippen LogP contribution in [0.5, 0.6) is 0 Å². The molecule has 0 radical (unpaired) electrons. The quantitative estimate of drug-likeness (QED) is 0.863. The van der Waals surface area contributed by atoms with Crippen LogP contribution in [0.2, 0.25) is 0 Å². The van der Waals surface area contributed by atoms with E-state index in [0.717, 1.165) is 31.5 Å². The maximum atomic E-state index is 12.2. The Morgan fingerprint density at radius 2 is 1.68 bits per heavy atom. The molecule has 1 aromatic carbocycles. The summed E-state index contributed by atoms with van der Waals surface area (Å²) in [5, 5.41) is 12.3. The normalized spacial score (nSPS) is 22.0. The lowest BCUT2D eigenvalue weighted by Gasteiger charge is -2.23. The number of urea groups is 1. The van der Waals surface area contributed by atoms with Gasteiger partial charge < -0.3 is 15.3 Å². The van der Waals surface area contributed by atoms with Gasteiger partial charge in [-0.1, -0.05) is 37.1 Å². The van der Waals surface area contributed by atoms with Crippen molar-refractivity contribution in [2.75, 3.05) is 26.2 Å². The van der Waals surface area contributed by atoms with Crippen molar-refractivity contribution in [1.29, 1.82) is 0 Å². The van der Waals surface area contributed by atoms with E-state index < -0.39 is 0 Å². The SMILES string of the molecule is O=C(NCc1ccc(CN2CCCCCC2)cc1)N1CCCC1CO. The summed E-state index contributed by atoms with van der Waals surface area (Å²) in [5.41, 5.74) is 2.46. The average molecular weight is 345 g/mol. The maximum absolute atomic E-state index is 12.2. The summed E-state index contributed by atoms with van der Waals surface area (Å²) in [4.78, 5) is 16.6. The molecule has 1 aromatic rings. The smallest absolute Gasteiger partial charge is 0.317 e. The van der Waals surface area contributed by atoms with E-state index in [4.69, 9.17) is 0 Å². The van der Waals surface area contributed by atoms with Crippen LogP contribution in [-0.4, -0.2) is 53.2 Å². The van der Waals surface area contributed by atoms with E-state index in [0.29, 0.717) is 6.54 Å². The van der Waals surface area contributed by atoms with Gasteiger partial charge in [0.2, 0.25) is 0 Å². The molecule has 138 valence electrons. The summed E-state index contributed by atoms with van der Waals surface area (Å²) in [6.45, 7) is 4.78. The van der Waals surface area contributed by atoms with Gasteiger partial charge in [-0.05, 0) is 49.9 Å². The first kappa shape index (κ1) is 18.2. The fraction of sp³-hybridized carbons (Fsp3) is 0.650. The van der Waals surface area contributed by atoms with E-state index >= 15 is 0 Å². The minimum absolute atomic E-state index is 0.0176. The Bertz CT molecular complexity index is 538. The van der Waals surface area contributed by atoms with Crippen molar-refractivity contribution in [2.24, 2.45) is 0 Å². The van der Waals surface area contributed by atoms with E-state index in [9.17, 15) is 9.90 Å². The van der Waals surface area contributed by atoms with Gasteiger partial charge in [-0.3, -0.25) is 4.90 Å². The Morgan fingerprint density at radius 3 is 2.36 bits per heavy atom. The monoisotopic (exact) mass is 345 g/mol. The fourth-order valence-electron chi connectivity index (χ4n) is 3.89. The molecule has 2 heterocycles. The highest BCUT2D eigenvalue weighted by atomic mass is 16.3. The molecule has 5 nitrogen and oxygen atoms in total. The summed E-state index contributed by atoms with van der Waals surface area (Å²) in [6.07, 6.45) is 7.23. The van der Waals surface area contributed by atoms with Crippen molar-refractivity contribution in [3.8, 4) is 0 Å². The van der Waals surface area contributed by atoms with Crippen LogP contribution in [0.25, 0.3) is 0 Å². The zero-order chi connectivity index (χ0) is 17.5. The number of hydrogen-bond acceptors (Lipinski definition) is 3. The lowest BCUT2D eigenvalue weighted by Crippen LogP contribution is -2.43. The van der Waals surface area contributed by atoms with Crippen LogP contribution >= 0.6 is 0 Å². The maximum Gasteiger partial charge on any atom is 0.317 e. The van der Waals surface area contributed by atoms with E-state index in [1.54, 1.807) is 4.90 Å². The molecule has 25 heavy (non-hydrogen) atoms. The third-order valence-electron chi connectivity index (χ3n) is 5.42. The second-order valence-corrected chi connectivity index (χ2v) is 7.34. The summed E-state index contributed by atoms with van der Waals surface area (Å²) in [7, 11) is 0. The van der Waals surface area contributed by atoms with Crippen LogP contribution in [-0.2, 0) is 13.1 Å². The van der Waals surface area contributed by atoms with Gasteiger partial charge in [-0.25, -0.2) is 4.79 Å². The number of nitrogens with zero attached hydrogens (tertiary/aromatic N) is 2. The molecular formula is C20H31N3O2. The number of nitrogens with one attached hydrogen (secondary N) is 1. The molecule has 3 rings (SSSR count). The van der Waals surface area contributed by atoms with Crippen LogP contribution in [0.4, 0.5) is 4.79 Å². The molecule has 1 atom stereocenters. The van der Waals surface area contributed by atoms with Gasteiger partial charge >= 0.3 is 6.03 Å². The van der Waals surface area contributed by atoms with Gasteiger partial charge in [0.1, 0.15) is 0 Å². The second-order valence-electron chi connectivity index (χ2n) is 7.34. The van der Waals surface area contributed by atoms with E-state index in [-0.39, 0.29) is 18.7 Å². The molecule has 0 aliphatic carbocycles. The standard InChI is InChI=1S/C20H31N3O2/c24-16-19-6-5-13-23(19)20(25)21-14-17-7-9-18(10-8-17)15-22-11-3-1-2-4-12-22/h7-10,19,24H,1-6,11-16H2,(H,21,25). The predicted octanol–water partition coefficient (Wildman–Crippen LogP) is 2.73. The fourth-order valence-corrected chi connectivity index (χ4v) is 3.89. The van der Waals surface area contributed by atoms with Crippen molar-refractivity contribution in [1.82, 2.24) is 15.1 Å². The molecule has 2 N–H and O–H groups in total. The second kappa shape index (κ2) is 9.20. The largest absolute Gasteiger partial charge is 0.394 e. The van der Waals surface area contributed by atoms with Crippen molar-refractivity contribution in [2.45, 2.75) is 57.7 Å². The number of aliphatic hydroxyl groups excluding tert-OH is 1. The van der Waals surface area contributed by atoms with E-state index in [1.807, 2.05) is 0 Å². The Balaban J connectivity index is 1.46. The van der Waals surface area contributed by atoms with Crippen molar-refractivity contribution < 1.29 is 9.90 Å². The van der Waals surface area contributed by atoms with Crippen LogP contribution in [0, 0.1) is 0 Å². The van der Waals surface area contributed by atoms with Crippen molar-refractivity contribution in [3.05, 3.63) is 35.4 Å². The van der Waals surface area contributed by atoms with Crippen LogP contribution in [0.1, 0.15) is 49.7 Å². The summed E-state index contributed by atoms with van der Waals surface area (Å²) >= 11 is 0. The highest BCUT2D eigenvalue weighted by Gasteiger charge is 2.27. The minimum atomic E-state index is -0.0646. The number of aliphatic hydroxyl groups is 1. The summed E-state index contributed by atoms with van der Waals surface area (Å²) in [5.74, 6) is 0. The van der Waals surface area contributed by atoms with E-state index in [2.05, 4.69) is 34.5 Å². The molecule has 2 aliphatic rings. The predicted molar refractivity (Wildman–Crippen MR) is 99.2 cm³/mol. The lowest BCUT2D eigenvalue weighted by molar-refractivity contribution is 0.157. The first-order valence-corrected chi connectivity index (χ1v) is 9.72. The Labute approximate surface area is 151 Å². The number of rotatable bonds is 5. The molecule has 2 amide bonds. The molecule has 1 unspecified atom stereocenters. The molecule has 2 fully saturated rings. The Kier molecular flexibility index (Phi) is 6.70. The van der Waals surface area contributed by atoms with Gasteiger partial charge in [0.25, 0.3) is 0 Å². The molecule has 0 bridgehead atoms. The van der Waals surface area contributed by atoms with Gasteiger partial charge in [-0.2, -0.15) is 0 Å². The molecule has 2 saturated heterocycles. The average Bonchev–Trinajstić information content (AvgIpc) is 2.98. The number of carbonyl (C=O) groups is 1. The topological polar surface area (TPSA) is 55.8 Å². The Hall–Kier alpha value is -1.59. The third-order valence-corrected chi connectivity index (χ3v) is 5.42. The first-order chi connectivity index (χ1) is 12.3. The van der Waals surface area contributed by atoms with E-state index in [1.165, 1.54) is 44.3 Å². The minimum Gasteiger partial charge on any atom is -0.394 e. The molecule has 0 aromatic heterocycles. The molecule has 5 heteroatoms. The molecule has 0 spiro atoms. The molecular weight excluding hydrogens is 314 g/mol. The Morgan fingerprint density at radius 1 is 1.00 bits per heavy atom. The van der Waals surface area contributed by atoms with Gasteiger partial charge in [0.15, 0.2) is 0 Å². The van der Waals surface area contributed by atoms with Gasteiger partial charge in [0.05, 0.1) is 12.6 Å². The third kappa shape index (κ3) is 5.19. The first-order valence-electron chi connectivity index (χ1n) is 9.72. The van der Waals surface area contributed by atoms with Crippen molar-refractivity contribution in [3.63, 3.8) is 0 Å². The van der Waals surface area contributed by atoms with Crippen LogP contribution in [0.15, 0.2) is 24.3 Å². The number of likely N-dealkylation sites (tertiary alicyclic amines) is 2. The highest BCUT2D eigenvalue weighted by Crippen LogP contribution is 2.17. The zero-order valence-electron chi connectivity index (χ0n) is 15.1. The summed E-state index contributed by atoms with van der Waals surface area (Å²) in [6, 6.07) is 8.50. The molecule has 2 aliphatic heterocycles. The zero-order valence-corrected chi connectivity index (χ0v) is 15.1. The summed E-state index contributed by atoms with van der Waals surface area (Å²) < 4.78 is 0. The number of hydrogen-bond donors (Lipinski definition) is 2. The number of amides is 2. The van der Waals surface area contributed by atoms with Crippen LogP contribution < -0.4 is 5.32 Å². The molecule has 0 saturated carbocycles. The number of benzene rings is 1. The highest BCUT2D eigenvalue weighted by molar-refractivity contribution is 5.74. The van der Waals surface area contributed by atoms with Gasteiger partial charge in [-0.15, -0.1) is 0 Å².